The van der Waals surface area contributed by atoms with Crippen LogP contribution in [-0.2, 0) is 4.74 Å². The van der Waals surface area contributed by atoms with Gasteiger partial charge in [0.1, 0.15) is 17.0 Å². The van der Waals surface area contributed by atoms with Crippen LogP contribution in [0.4, 0.5) is 10.1 Å². The Kier molecular flexibility index (Phi) is 5.85. The van der Waals surface area contributed by atoms with Gasteiger partial charge in [0, 0.05) is 29.6 Å². The largest absolute Gasteiger partial charge is 0.438 e. The third-order valence-corrected chi connectivity index (χ3v) is 5.15. The predicted molar refractivity (Wildman–Crippen MR) is 109 cm³/mol. The van der Waals surface area contributed by atoms with Crippen molar-refractivity contribution in [3.8, 4) is 0 Å². The summed E-state index contributed by atoms with van der Waals surface area (Å²) in [4.78, 5) is 17.2. The first-order valence-corrected chi connectivity index (χ1v) is 9.88. The van der Waals surface area contributed by atoms with Crippen LogP contribution in [0.5, 0.6) is 0 Å². The highest BCUT2D eigenvalue weighted by atomic mass is 35.5. The highest BCUT2D eigenvalue weighted by Gasteiger charge is 2.19. The number of nitrogens with zero attached hydrogens (tertiary/aromatic N) is 1. The van der Waals surface area contributed by atoms with Gasteiger partial charge in [-0.1, -0.05) is 23.2 Å². The molecule has 4 rings (SSSR count). The van der Waals surface area contributed by atoms with Crippen LogP contribution in [0.15, 0.2) is 51.9 Å². The summed E-state index contributed by atoms with van der Waals surface area (Å²) in [5.74, 6) is -0.873. The number of nitrogens with one attached hydrogen (secondary N) is 1. The van der Waals surface area contributed by atoms with Crippen LogP contribution in [0, 0.1) is 5.82 Å². The Hall–Kier alpha value is -2.41. The first kappa shape index (κ1) is 19.9. The van der Waals surface area contributed by atoms with Crippen LogP contribution < -0.4 is 10.9 Å². The van der Waals surface area contributed by atoms with Crippen molar-refractivity contribution in [3.63, 3.8) is 0 Å². The van der Waals surface area contributed by atoms with Crippen LogP contribution in [0.1, 0.15) is 23.2 Å². The molecule has 1 fully saturated rings. The summed E-state index contributed by atoms with van der Waals surface area (Å²) in [5, 5.41) is 4.24. The highest BCUT2D eigenvalue weighted by molar-refractivity contribution is 6.33. The Morgan fingerprint density at radius 2 is 2.07 bits per heavy atom. The average Bonchev–Trinajstić information content (AvgIpc) is 3.22. The molecule has 29 heavy (non-hydrogen) atoms. The molecule has 0 spiro atoms. The molecule has 2 heterocycles. The zero-order chi connectivity index (χ0) is 20.4. The zero-order valence-electron chi connectivity index (χ0n) is 15.3. The summed E-state index contributed by atoms with van der Waals surface area (Å²) in [6, 6.07) is 10.5. The lowest BCUT2D eigenvalue weighted by molar-refractivity contribution is 0.0854. The lowest BCUT2D eigenvalue weighted by Gasteiger charge is -2.11. The molecule has 0 saturated carbocycles. The normalized spacial score (nSPS) is 17.1. The second-order valence-corrected chi connectivity index (χ2v) is 7.54. The Labute approximate surface area is 176 Å². The Morgan fingerprint density at radius 1 is 1.21 bits per heavy atom. The Balaban J connectivity index is 1.79. The maximum atomic E-state index is 13.6. The maximum absolute atomic E-state index is 13.6. The molecule has 3 aromatic rings. The van der Waals surface area contributed by atoms with Gasteiger partial charge in [0.25, 0.3) is 5.91 Å². The summed E-state index contributed by atoms with van der Waals surface area (Å²) in [6.45, 7) is 1.08. The number of amides is 1. The van der Waals surface area contributed by atoms with E-state index in [0.717, 1.165) is 12.8 Å². The van der Waals surface area contributed by atoms with Crippen molar-refractivity contribution in [1.29, 1.82) is 0 Å². The molecular formula is C21H17Cl2FN2O3. The summed E-state index contributed by atoms with van der Waals surface area (Å²) in [7, 11) is 0. The number of hydrogen-bond acceptors (Lipinski definition) is 4. The average molecular weight is 435 g/mol. The van der Waals surface area contributed by atoms with E-state index in [-0.39, 0.29) is 33.8 Å². The fraction of sp³-hybridized carbons (Fsp3) is 0.238. The van der Waals surface area contributed by atoms with Crippen molar-refractivity contribution in [3.05, 3.63) is 69.4 Å². The van der Waals surface area contributed by atoms with E-state index in [1.165, 1.54) is 18.2 Å². The van der Waals surface area contributed by atoms with E-state index in [0.29, 0.717) is 29.1 Å². The second kappa shape index (κ2) is 8.53. The van der Waals surface area contributed by atoms with Gasteiger partial charge in [-0.2, -0.15) is 0 Å². The molecule has 1 aliphatic rings. The minimum atomic E-state index is -0.495. The first-order chi connectivity index (χ1) is 14.0. The van der Waals surface area contributed by atoms with Crippen molar-refractivity contribution in [2.45, 2.75) is 18.9 Å². The van der Waals surface area contributed by atoms with Crippen molar-refractivity contribution >= 4 is 45.8 Å². The van der Waals surface area contributed by atoms with E-state index in [2.05, 4.69) is 10.3 Å². The minimum Gasteiger partial charge on any atom is -0.438 e. The Bertz CT molecular complexity index is 1140. The highest BCUT2D eigenvalue weighted by Crippen LogP contribution is 2.25. The van der Waals surface area contributed by atoms with Crippen LogP contribution in [-0.4, -0.2) is 25.2 Å². The Morgan fingerprint density at radius 3 is 2.86 bits per heavy atom. The summed E-state index contributed by atoms with van der Waals surface area (Å²) < 4.78 is 25.0. The second-order valence-electron chi connectivity index (χ2n) is 6.70. The molecule has 1 aliphatic heterocycles. The topological polar surface area (TPSA) is 63.8 Å². The monoisotopic (exact) mass is 434 g/mol. The standard InChI is InChI=1S/C21H17Cl2FN2O3/c22-13-3-6-19-12(8-13)9-16(20(27)25-11-15-2-1-7-28-15)21(29-19)26-18-10-14(24)4-5-17(18)23/h3-6,8-10,15H,1-2,7,11H2,(H,25,27)/t15-/m0/s1. The van der Waals surface area contributed by atoms with Gasteiger partial charge < -0.3 is 14.5 Å². The van der Waals surface area contributed by atoms with Crippen LogP contribution in [0.25, 0.3) is 11.0 Å². The molecule has 8 heteroatoms. The summed E-state index contributed by atoms with van der Waals surface area (Å²) >= 11 is 12.2. The molecule has 1 N–H and O–H groups in total. The van der Waals surface area contributed by atoms with Crippen LogP contribution in [0.2, 0.25) is 10.0 Å². The van der Waals surface area contributed by atoms with Gasteiger partial charge in [-0.3, -0.25) is 4.79 Å². The number of ether oxygens (including phenoxy) is 1. The van der Waals surface area contributed by atoms with Gasteiger partial charge in [0.05, 0.1) is 16.8 Å². The maximum Gasteiger partial charge on any atom is 0.256 e. The van der Waals surface area contributed by atoms with Crippen LogP contribution in [0.3, 0.4) is 0 Å². The smallest absolute Gasteiger partial charge is 0.256 e. The summed E-state index contributed by atoms with van der Waals surface area (Å²) in [5.41, 5.74) is 0.864. The van der Waals surface area contributed by atoms with Crippen molar-refractivity contribution in [2.24, 2.45) is 4.99 Å². The van der Waals surface area contributed by atoms with Gasteiger partial charge in [0.2, 0.25) is 5.55 Å². The molecule has 1 amide bonds. The molecule has 0 unspecified atom stereocenters. The van der Waals surface area contributed by atoms with E-state index < -0.39 is 5.82 Å². The third kappa shape index (κ3) is 4.61. The molecule has 0 bridgehead atoms. The molecule has 2 aromatic carbocycles. The molecule has 1 atom stereocenters. The molecule has 1 aromatic heterocycles. The van der Waals surface area contributed by atoms with Gasteiger partial charge in [0.15, 0.2) is 0 Å². The lowest BCUT2D eigenvalue weighted by atomic mass is 10.1. The number of rotatable bonds is 4. The number of benzene rings is 2. The van der Waals surface area contributed by atoms with E-state index in [1.807, 2.05) is 0 Å². The van der Waals surface area contributed by atoms with E-state index >= 15 is 0 Å². The molecule has 5 nitrogen and oxygen atoms in total. The number of carbonyl (C=O) groups excluding carboxylic acids is 1. The fourth-order valence-corrected chi connectivity index (χ4v) is 3.48. The number of carbonyl (C=O) groups is 1. The van der Waals surface area contributed by atoms with Gasteiger partial charge in [-0.25, -0.2) is 9.38 Å². The van der Waals surface area contributed by atoms with E-state index in [9.17, 15) is 9.18 Å². The first-order valence-electron chi connectivity index (χ1n) is 9.12. The SMILES string of the molecule is O=C(NC[C@@H]1CCCO1)c1cc2cc(Cl)ccc2oc1=Nc1cc(F)ccc1Cl. The van der Waals surface area contributed by atoms with Crippen LogP contribution >= 0.6 is 23.2 Å². The van der Waals surface area contributed by atoms with Gasteiger partial charge in [-0.05, 0) is 49.2 Å². The van der Waals surface area contributed by atoms with Gasteiger partial charge in [-0.15, -0.1) is 0 Å². The van der Waals surface area contributed by atoms with Gasteiger partial charge >= 0.3 is 0 Å². The molecule has 1 saturated heterocycles. The molecule has 150 valence electrons. The number of hydrogen-bond donors (Lipinski definition) is 1. The van der Waals surface area contributed by atoms with Crippen molar-refractivity contribution in [1.82, 2.24) is 5.32 Å². The zero-order valence-corrected chi connectivity index (χ0v) is 16.8. The van der Waals surface area contributed by atoms with E-state index in [4.69, 9.17) is 32.4 Å². The number of halogens is 3. The van der Waals surface area contributed by atoms with E-state index in [1.54, 1.807) is 24.3 Å². The molecular weight excluding hydrogens is 418 g/mol. The minimum absolute atomic E-state index is 0.0103. The quantitative estimate of drug-likeness (QED) is 0.626. The van der Waals surface area contributed by atoms with Crippen molar-refractivity contribution < 1.29 is 18.3 Å². The summed E-state index contributed by atoms with van der Waals surface area (Å²) in [6.07, 6.45) is 1.86. The fourth-order valence-electron chi connectivity index (χ4n) is 3.14. The third-order valence-electron chi connectivity index (χ3n) is 4.60. The van der Waals surface area contributed by atoms with Crippen molar-refractivity contribution in [2.75, 3.05) is 13.2 Å². The lowest BCUT2D eigenvalue weighted by Crippen LogP contribution is -2.34. The predicted octanol–water partition coefficient (Wildman–Crippen LogP) is 5.02. The number of fused-ring (bicyclic) bond motifs is 1. The molecule has 0 aliphatic carbocycles. The molecule has 0 radical (unpaired) electrons.